The number of fused-ring (bicyclic) bond motifs is 5. The zero-order valence-corrected chi connectivity index (χ0v) is 31.8. The Kier molecular flexibility index (Phi) is 8.32. The van der Waals surface area contributed by atoms with Crippen LogP contribution in [0.25, 0.3) is 72.7 Å². The van der Waals surface area contributed by atoms with Crippen molar-refractivity contribution >= 4 is 44.5 Å². The van der Waals surface area contributed by atoms with E-state index in [0.29, 0.717) is 11.6 Å². The molecule has 11 rings (SSSR count). The van der Waals surface area contributed by atoms with Gasteiger partial charge in [0, 0.05) is 22.4 Å². The van der Waals surface area contributed by atoms with Crippen molar-refractivity contribution in [3.63, 3.8) is 0 Å². The van der Waals surface area contributed by atoms with E-state index in [-0.39, 0.29) is 6.04 Å². The first kappa shape index (κ1) is 33.9. The van der Waals surface area contributed by atoms with Gasteiger partial charge >= 0.3 is 0 Å². The van der Waals surface area contributed by atoms with Gasteiger partial charge in [0.25, 0.3) is 0 Å². The van der Waals surface area contributed by atoms with Crippen LogP contribution >= 0.6 is 0 Å². The number of rotatable bonds is 6. The highest BCUT2D eigenvalue weighted by Gasteiger charge is 2.25. The SMILES string of the molecule is C1=C(c2nc(-c3ccc(-c4cc5c(c6ccccc46)C(c4ccccc4)=CC(c4ccccc4)N5)cc3)nc(-c3ccc4ccccc4c3)n2)CCc2ccccc21. The van der Waals surface area contributed by atoms with Crippen molar-refractivity contribution in [3.8, 4) is 33.9 Å². The number of nitrogens with zero attached hydrogens (tertiary/aromatic N) is 3. The Morgan fingerprint density at radius 2 is 1.10 bits per heavy atom. The number of benzene rings is 8. The van der Waals surface area contributed by atoms with Crippen LogP contribution in [-0.2, 0) is 6.42 Å². The number of allylic oxidation sites excluding steroid dienone is 1. The largest absolute Gasteiger partial charge is 0.374 e. The molecule has 2 aliphatic rings. The molecule has 0 fully saturated rings. The Balaban J connectivity index is 1.03. The van der Waals surface area contributed by atoms with E-state index < -0.39 is 0 Å². The smallest absolute Gasteiger partial charge is 0.164 e. The Bertz CT molecular complexity index is 3070. The van der Waals surface area contributed by atoms with Gasteiger partial charge in [-0.1, -0.05) is 170 Å². The molecule has 4 nitrogen and oxygen atoms in total. The second kappa shape index (κ2) is 14.3. The van der Waals surface area contributed by atoms with Crippen molar-refractivity contribution in [1.29, 1.82) is 0 Å². The number of nitrogens with one attached hydrogen (secondary N) is 1. The van der Waals surface area contributed by atoms with Gasteiger partial charge in [0.05, 0.1) is 6.04 Å². The maximum Gasteiger partial charge on any atom is 0.164 e. The van der Waals surface area contributed by atoms with Crippen molar-refractivity contribution < 1.29 is 0 Å². The van der Waals surface area contributed by atoms with Crippen molar-refractivity contribution in [1.82, 2.24) is 15.0 Å². The molecule has 1 aromatic heterocycles. The summed E-state index contributed by atoms with van der Waals surface area (Å²) in [4.78, 5) is 15.4. The molecule has 9 aromatic rings. The van der Waals surface area contributed by atoms with Gasteiger partial charge in [-0.25, -0.2) is 15.0 Å². The van der Waals surface area contributed by atoms with Crippen LogP contribution in [-0.4, -0.2) is 15.0 Å². The fourth-order valence-corrected chi connectivity index (χ4v) is 8.69. The summed E-state index contributed by atoms with van der Waals surface area (Å²) in [6, 6.07) is 64.8. The van der Waals surface area contributed by atoms with E-state index >= 15 is 0 Å². The predicted octanol–water partition coefficient (Wildman–Crippen LogP) is 13.3. The fraction of sp³-hybridized carbons (Fsp3) is 0.0556. The van der Waals surface area contributed by atoms with Crippen LogP contribution in [0.4, 0.5) is 5.69 Å². The van der Waals surface area contributed by atoms with E-state index in [1.807, 2.05) is 0 Å². The summed E-state index contributed by atoms with van der Waals surface area (Å²) in [5, 5.41) is 8.70. The minimum atomic E-state index is 0.0305. The van der Waals surface area contributed by atoms with Gasteiger partial charge in [-0.2, -0.15) is 0 Å². The molecular weight excluding hydrogens is 705 g/mol. The summed E-state index contributed by atoms with van der Waals surface area (Å²) >= 11 is 0. The topological polar surface area (TPSA) is 50.7 Å². The molecule has 274 valence electrons. The van der Waals surface area contributed by atoms with E-state index in [0.717, 1.165) is 52.0 Å². The van der Waals surface area contributed by atoms with Crippen molar-refractivity contribution in [2.45, 2.75) is 18.9 Å². The van der Waals surface area contributed by atoms with Crippen LogP contribution in [0.2, 0.25) is 0 Å². The summed E-state index contributed by atoms with van der Waals surface area (Å²) in [7, 11) is 0. The Morgan fingerprint density at radius 3 is 1.93 bits per heavy atom. The zero-order valence-electron chi connectivity index (χ0n) is 31.8. The highest BCUT2D eigenvalue weighted by atomic mass is 15.0. The van der Waals surface area contributed by atoms with Gasteiger partial charge < -0.3 is 5.32 Å². The van der Waals surface area contributed by atoms with Crippen LogP contribution in [0.15, 0.2) is 188 Å². The van der Waals surface area contributed by atoms with Crippen LogP contribution in [0.3, 0.4) is 0 Å². The number of aromatic nitrogens is 3. The summed E-state index contributed by atoms with van der Waals surface area (Å²) in [6.07, 6.45) is 6.47. The molecule has 1 N–H and O–H groups in total. The molecular formula is C54H38N4. The lowest BCUT2D eigenvalue weighted by Crippen LogP contribution is -2.15. The first-order valence-corrected chi connectivity index (χ1v) is 20.0. The molecule has 58 heavy (non-hydrogen) atoms. The third-order valence-corrected chi connectivity index (χ3v) is 11.6. The Labute approximate surface area is 338 Å². The number of hydrogen-bond donors (Lipinski definition) is 1. The molecule has 0 saturated heterocycles. The van der Waals surface area contributed by atoms with Crippen LogP contribution in [0.5, 0.6) is 0 Å². The van der Waals surface area contributed by atoms with Gasteiger partial charge in [0.1, 0.15) is 0 Å². The quantitative estimate of drug-likeness (QED) is 0.184. The lowest BCUT2D eigenvalue weighted by atomic mass is 9.84. The van der Waals surface area contributed by atoms with Crippen LogP contribution in [0.1, 0.15) is 46.1 Å². The zero-order chi connectivity index (χ0) is 38.4. The molecule has 0 radical (unpaired) electrons. The average Bonchev–Trinajstić information content (AvgIpc) is 3.31. The molecule has 1 aliphatic carbocycles. The maximum atomic E-state index is 5.17. The summed E-state index contributed by atoms with van der Waals surface area (Å²) in [6.45, 7) is 0. The number of aryl methyl sites for hydroxylation is 1. The normalized spacial score (nSPS) is 14.6. The Morgan fingerprint density at radius 1 is 0.466 bits per heavy atom. The first-order chi connectivity index (χ1) is 28.7. The maximum absolute atomic E-state index is 5.17. The van der Waals surface area contributed by atoms with Crippen LogP contribution in [0, 0.1) is 0 Å². The first-order valence-electron chi connectivity index (χ1n) is 20.0. The fourth-order valence-electron chi connectivity index (χ4n) is 8.69. The van der Waals surface area contributed by atoms with E-state index in [2.05, 4.69) is 199 Å². The molecule has 1 unspecified atom stereocenters. The van der Waals surface area contributed by atoms with Crippen molar-refractivity contribution in [2.75, 3.05) is 5.32 Å². The lowest BCUT2D eigenvalue weighted by molar-refractivity contribution is 0.956. The number of hydrogen-bond acceptors (Lipinski definition) is 4. The van der Waals surface area contributed by atoms with E-state index in [1.54, 1.807) is 0 Å². The third-order valence-electron chi connectivity index (χ3n) is 11.6. The monoisotopic (exact) mass is 742 g/mol. The standard InChI is InChI=1S/C54H38N4/c1-3-15-37(16-4-1)48-34-49(39-17-5-2-6-18-39)55-50-33-47(45-21-11-12-22-46(45)51(48)50)38-25-27-40(28-26-38)52-56-53(43-29-23-35-13-7-9-19-41(35)31-43)58-54(57-52)44-30-24-36-14-8-10-20-42(36)32-44/h1-23,25-29,31-34,49,55H,24,30H2. The molecule has 8 aromatic carbocycles. The highest BCUT2D eigenvalue weighted by molar-refractivity contribution is 6.10. The van der Waals surface area contributed by atoms with Gasteiger partial charge in [-0.3, -0.25) is 0 Å². The molecule has 2 heterocycles. The van der Waals surface area contributed by atoms with Gasteiger partial charge in [-0.15, -0.1) is 0 Å². The molecule has 4 heteroatoms. The van der Waals surface area contributed by atoms with E-state index in [9.17, 15) is 0 Å². The molecule has 1 aliphatic heterocycles. The average molecular weight is 743 g/mol. The summed E-state index contributed by atoms with van der Waals surface area (Å²) < 4.78 is 0. The minimum absolute atomic E-state index is 0.0305. The van der Waals surface area contributed by atoms with Crippen LogP contribution < -0.4 is 5.32 Å². The van der Waals surface area contributed by atoms with E-state index in [4.69, 9.17) is 15.0 Å². The summed E-state index contributed by atoms with van der Waals surface area (Å²) in [5.74, 6) is 2.07. The minimum Gasteiger partial charge on any atom is -0.374 e. The lowest BCUT2D eigenvalue weighted by Gasteiger charge is -2.29. The molecule has 0 saturated carbocycles. The molecule has 0 spiro atoms. The van der Waals surface area contributed by atoms with E-state index in [1.165, 1.54) is 55.1 Å². The number of anilines is 1. The molecule has 0 bridgehead atoms. The van der Waals surface area contributed by atoms with Gasteiger partial charge in [0.2, 0.25) is 0 Å². The highest BCUT2D eigenvalue weighted by Crippen LogP contribution is 2.46. The van der Waals surface area contributed by atoms with Crippen molar-refractivity contribution in [2.24, 2.45) is 0 Å². The van der Waals surface area contributed by atoms with Gasteiger partial charge in [0.15, 0.2) is 17.5 Å². The predicted molar refractivity (Wildman–Crippen MR) is 240 cm³/mol. The van der Waals surface area contributed by atoms with Gasteiger partial charge in [-0.05, 0) is 103 Å². The molecule has 1 atom stereocenters. The third kappa shape index (κ3) is 6.16. The van der Waals surface area contributed by atoms with Crippen molar-refractivity contribution in [3.05, 3.63) is 222 Å². The second-order valence-electron chi connectivity index (χ2n) is 15.2. The Hall–Kier alpha value is -7.43. The molecule has 0 amide bonds. The summed E-state index contributed by atoms with van der Waals surface area (Å²) in [5.41, 5.74) is 14.0. The second-order valence-corrected chi connectivity index (χ2v) is 15.2.